The number of hydrogen-bond donors (Lipinski definition) is 2. The number of anilines is 1. The van der Waals surface area contributed by atoms with Gasteiger partial charge in [-0.15, -0.1) is 0 Å². The smallest absolute Gasteiger partial charge is 0.409 e. The molecule has 1 amide bonds. The maximum absolute atomic E-state index is 10.9. The maximum atomic E-state index is 10.9. The number of nitrogens with one attached hydrogen (secondary N) is 1. The minimum Gasteiger partial charge on any atom is -0.439 e. The Bertz CT molecular complexity index is 735. The summed E-state index contributed by atoms with van der Waals surface area (Å²) in [7, 11) is 0. The standard InChI is InChI=1S/C14H14N4O5/c1-2-16-11-7-13(17-8-12(11)18(20)21)22-9-4-3-5-10(6-9)23-14(15)19/h3-8H,2H2,1H3,(H2,15,19)(H,16,17). The average Bonchev–Trinajstić information content (AvgIpc) is 2.47. The van der Waals surface area contributed by atoms with Crippen molar-refractivity contribution in [1.29, 1.82) is 0 Å². The lowest BCUT2D eigenvalue weighted by molar-refractivity contribution is -0.384. The molecule has 1 aromatic heterocycles. The molecule has 120 valence electrons. The molecule has 23 heavy (non-hydrogen) atoms. The molecule has 3 N–H and O–H groups in total. The molecule has 2 aromatic rings. The molecule has 0 atom stereocenters. The summed E-state index contributed by atoms with van der Waals surface area (Å²) in [6.07, 6.45) is 0.168. The molecule has 0 saturated heterocycles. The summed E-state index contributed by atoms with van der Waals surface area (Å²) in [4.78, 5) is 25.0. The van der Waals surface area contributed by atoms with Crippen LogP contribution < -0.4 is 20.5 Å². The summed E-state index contributed by atoms with van der Waals surface area (Å²) >= 11 is 0. The van der Waals surface area contributed by atoms with E-state index in [0.29, 0.717) is 18.0 Å². The second-order valence-electron chi connectivity index (χ2n) is 4.33. The molecule has 0 saturated carbocycles. The molecule has 0 aliphatic rings. The van der Waals surface area contributed by atoms with Crippen molar-refractivity contribution in [1.82, 2.24) is 4.98 Å². The summed E-state index contributed by atoms with van der Waals surface area (Å²) in [5.41, 5.74) is 5.09. The quantitative estimate of drug-likeness (QED) is 0.618. The lowest BCUT2D eigenvalue weighted by Gasteiger charge is -2.09. The van der Waals surface area contributed by atoms with E-state index >= 15 is 0 Å². The van der Waals surface area contributed by atoms with Crippen molar-refractivity contribution in [3.8, 4) is 17.4 Å². The van der Waals surface area contributed by atoms with Gasteiger partial charge in [-0.05, 0) is 19.1 Å². The van der Waals surface area contributed by atoms with Crippen LogP contribution in [0.3, 0.4) is 0 Å². The number of carbonyl (C=O) groups is 1. The van der Waals surface area contributed by atoms with Gasteiger partial charge in [0.15, 0.2) is 0 Å². The number of carbonyl (C=O) groups excluding carboxylic acids is 1. The third-order valence-electron chi connectivity index (χ3n) is 2.67. The highest BCUT2D eigenvalue weighted by Crippen LogP contribution is 2.30. The molecular weight excluding hydrogens is 304 g/mol. The van der Waals surface area contributed by atoms with Crippen molar-refractivity contribution in [2.45, 2.75) is 6.92 Å². The number of nitrogens with two attached hydrogens (primary N) is 1. The molecule has 0 aliphatic heterocycles. The van der Waals surface area contributed by atoms with E-state index in [0.717, 1.165) is 6.20 Å². The van der Waals surface area contributed by atoms with Gasteiger partial charge >= 0.3 is 11.8 Å². The van der Waals surface area contributed by atoms with E-state index in [2.05, 4.69) is 10.3 Å². The Labute approximate surface area is 131 Å². The van der Waals surface area contributed by atoms with Crippen LogP contribution in [-0.4, -0.2) is 22.5 Å². The SMILES string of the molecule is CCNc1cc(Oc2cccc(OC(N)=O)c2)ncc1[N+](=O)[O-]. The van der Waals surface area contributed by atoms with Gasteiger partial charge in [-0.2, -0.15) is 0 Å². The van der Waals surface area contributed by atoms with Gasteiger partial charge < -0.3 is 20.5 Å². The molecule has 0 radical (unpaired) electrons. The number of primary amides is 1. The fourth-order valence-electron chi connectivity index (χ4n) is 1.80. The average molecular weight is 318 g/mol. The molecular formula is C14H14N4O5. The minimum atomic E-state index is -0.940. The molecule has 9 nitrogen and oxygen atoms in total. The molecule has 9 heteroatoms. The molecule has 0 aliphatic carbocycles. The first-order valence-electron chi connectivity index (χ1n) is 6.63. The first-order valence-corrected chi connectivity index (χ1v) is 6.63. The van der Waals surface area contributed by atoms with Crippen molar-refractivity contribution in [2.24, 2.45) is 5.73 Å². The number of nitro groups is 1. The van der Waals surface area contributed by atoms with Crippen LogP contribution in [0.15, 0.2) is 36.5 Å². The van der Waals surface area contributed by atoms with Gasteiger partial charge in [-0.3, -0.25) is 10.1 Å². The van der Waals surface area contributed by atoms with E-state index in [9.17, 15) is 14.9 Å². The summed E-state index contributed by atoms with van der Waals surface area (Å²) in [6.45, 7) is 2.32. The van der Waals surface area contributed by atoms with Crippen molar-refractivity contribution in [3.05, 3.63) is 46.6 Å². The second kappa shape index (κ2) is 7.07. The molecule has 0 unspecified atom stereocenters. The fourth-order valence-corrected chi connectivity index (χ4v) is 1.80. The third kappa shape index (κ3) is 4.30. The van der Waals surface area contributed by atoms with E-state index in [-0.39, 0.29) is 17.3 Å². The Morgan fingerprint density at radius 1 is 1.39 bits per heavy atom. The Morgan fingerprint density at radius 3 is 2.78 bits per heavy atom. The predicted octanol–water partition coefficient (Wildman–Crippen LogP) is 2.67. The summed E-state index contributed by atoms with van der Waals surface area (Å²) in [5, 5.41) is 13.8. The van der Waals surface area contributed by atoms with Gasteiger partial charge in [0, 0.05) is 18.7 Å². The number of hydrogen-bond acceptors (Lipinski definition) is 7. The van der Waals surface area contributed by atoms with Crippen molar-refractivity contribution in [3.63, 3.8) is 0 Å². The number of ether oxygens (including phenoxy) is 2. The second-order valence-corrected chi connectivity index (χ2v) is 4.33. The number of pyridine rings is 1. The van der Waals surface area contributed by atoms with Gasteiger partial charge in [-0.25, -0.2) is 9.78 Å². The van der Waals surface area contributed by atoms with Gasteiger partial charge in [-0.1, -0.05) is 6.07 Å². The Balaban J connectivity index is 2.24. The molecule has 2 rings (SSSR count). The van der Waals surface area contributed by atoms with Crippen LogP contribution in [-0.2, 0) is 0 Å². The van der Waals surface area contributed by atoms with Crippen molar-refractivity contribution >= 4 is 17.5 Å². The van der Waals surface area contributed by atoms with Crippen molar-refractivity contribution in [2.75, 3.05) is 11.9 Å². The Hall–Kier alpha value is -3.36. The first kappa shape index (κ1) is 16.0. The van der Waals surface area contributed by atoms with Crippen LogP contribution in [0.4, 0.5) is 16.2 Å². The zero-order valence-corrected chi connectivity index (χ0v) is 12.2. The van der Waals surface area contributed by atoms with Crippen LogP contribution in [0.25, 0.3) is 0 Å². The summed E-state index contributed by atoms with van der Waals surface area (Å²) in [5.74, 6) is 0.708. The van der Waals surface area contributed by atoms with Gasteiger partial charge in [0.25, 0.3) is 0 Å². The highest BCUT2D eigenvalue weighted by Gasteiger charge is 2.15. The van der Waals surface area contributed by atoms with Gasteiger partial charge in [0.05, 0.1) is 4.92 Å². The van der Waals surface area contributed by atoms with Crippen LogP contribution >= 0.6 is 0 Å². The number of benzene rings is 1. The molecule has 1 aromatic carbocycles. The van der Waals surface area contributed by atoms with E-state index in [4.69, 9.17) is 15.2 Å². The Kier molecular flexibility index (Phi) is 4.92. The minimum absolute atomic E-state index is 0.148. The van der Waals surface area contributed by atoms with Gasteiger partial charge in [0.1, 0.15) is 23.4 Å². The Morgan fingerprint density at radius 2 is 2.13 bits per heavy atom. The first-order chi connectivity index (χ1) is 11.0. The van der Waals surface area contributed by atoms with E-state index in [1.165, 1.54) is 18.2 Å². The predicted molar refractivity (Wildman–Crippen MR) is 81.8 cm³/mol. The molecule has 0 fully saturated rings. The van der Waals surface area contributed by atoms with Crippen molar-refractivity contribution < 1.29 is 19.2 Å². The van der Waals surface area contributed by atoms with Gasteiger partial charge in [0.2, 0.25) is 5.88 Å². The fraction of sp³-hybridized carbons (Fsp3) is 0.143. The zero-order chi connectivity index (χ0) is 16.8. The normalized spacial score (nSPS) is 9.96. The third-order valence-corrected chi connectivity index (χ3v) is 2.67. The number of rotatable bonds is 6. The molecule has 0 spiro atoms. The van der Waals surface area contributed by atoms with E-state index < -0.39 is 11.0 Å². The number of amides is 1. The topological polar surface area (TPSA) is 130 Å². The maximum Gasteiger partial charge on any atom is 0.409 e. The molecule has 0 bridgehead atoms. The van der Waals surface area contributed by atoms with E-state index in [1.54, 1.807) is 12.1 Å². The number of nitrogens with zero attached hydrogens (tertiary/aromatic N) is 2. The molecule has 1 heterocycles. The zero-order valence-electron chi connectivity index (χ0n) is 12.2. The number of aromatic nitrogens is 1. The highest BCUT2D eigenvalue weighted by atomic mass is 16.6. The monoisotopic (exact) mass is 318 g/mol. The van der Waals surface area contributed by atoms with E-state index in [1.807, 2.05) is 6.92 Å². The van der Waals surface area contributed by atoms with Crippen LogP contribution in [0.5, 0.6) is 17.4 Å². The summed E-state index contributed by atoms with van der Waals surface area (Å²) < 4.78 is 10.3. The lowest BCUT2D eigenvalue weighted by Crippen LogP contribution is -2.16. The van der Waals surface area contributed by atoms with Crippen LogP contribution in [0.2, 0.25) is 0 Å². The largest absolute Gasteiger partial charge is 0.439 e. The highest BCUT2D eigenvalue weighted by molar-refractivity contribution is 5.68. The summed E-state index contributed by atoms with van der Waals surface area (Å²) in [6, 6.07) is 7.61. The lowest BCUT2D eigenvalue weighted by atomic mass is 10.3. The van der Waals surface area contributed by atoms with Crippen LogP contribution in [0.1, 0.15) is 6.92 Å². The van der Waals surface area contributed by atoms with Crippen LogP contribution in [0, 0.1) is 10.1 Å².